The average molecular weight is 451 g/mol. The molecule has 0 saturated heterocycles. The maximum Gasteiger partial charge on any atom is 0.248 e. The molecule has 0 aliphatic carbocycles. The van der Waals surface area contributed by atoms with E-state index in [2.05, 4.69) is 17.1 Å². The molecule has 1 atom stereocenters. The van der Waals surface area contributed by atoms with Gasteiger partial charge in [0, 0.05) is 25.0 Å². The van der Waals surface area contributed by atoms with Crippen molar-refractivity contribution >= 4 is 22.6 Å². The highest BCUT2D eigenvalue weighted by atomic mass is 16.3. The van der Waals surface area contributed by atoms with E-state index < -0.39 is 6.10 Å². The van der Waals surface area contributed by atoms with Crippen molar-refractivity contribution in [2.24, 2.45) is 0 Å². The molecule has 0 radical (unpaired) electrons. The van der Waals surface area contributed by atoms with Gasteiger partial charge in [-0.2, -0.15) is 0 Å². The Morgan fingerprint density at radius 1 is 1.00 bits per heavy atom. The highest BCUT2D eigenvalue weighted by Gasteiger charge is 2.17. The number of hydrogen-bond acceptors (Lipinski definition) is 6. The molecular formula is C26H34N4O3. The first-order valence-corrected chi connectivity index (χ1v) is 11.8. The van der Waals surface area contributed by atoms with Gasteiger partial charge in [-0.25, -0.2) is 9.97 Å². The van der Waals surface area contributed by atoms with Crippen molar-refractivity contribution in [1.82, 2.24) is 15.3 Å². The molecule has 1 aromatic heterocycles. The van der Waals surface area contributed by atoms with Crippen LogP contribution in [0.5, 0.6) is 5.75 Å². The first-order valence-electron chi connectivity index (χ1n) is 11.8. The van der Waals surface area contributed by atoms with Crippen LogP contribution in [0.1, 0.15) is 46.0 Å². The van der Waals surface area contributed by atoms with Crippen LogP contribution in [0.3, 0.4) is 0 Å². The second kappa shape index (κ2) is 12.2. The Bertz CT molecular complexity index is 1060. The normalized spacial score (nSPS) is 12.0. The molecule has 1 heterocycles. The van der Waals surface area contributed by atoms with E-state index in [1.807, 2.05) is 43.3 Å². The fraction of sp³-hybridized carbons (Fsp3) is 0.423. The molecular weight excluding hydrogens is 416 g/mol. The molecule has 3 N–H and O–H groups in total. The summed E-state index contributed by atoms with van der Waals surface area (Å²) in [4.78, 5) is 23.8. The molecule has 0 aliphatic rings. The summed E-state index contributed by atoms with van der Waals surface area (Å²) in [5.74, 6) is 1.13. The number of benzene rings is 2. The second-order valence-electron chi connectivity index (χ2n) is 8.19. The Morgan fingerprint density at radius 2 is 1.76 bits per heavy atom. The number of aromatic nitrogens is 2. The van der Waals surface area contributed by atoms with Crippen molar-refractivity contribution < 1.29 is 15.0 Å². The Kier molecular flexibility index (Phi) is 9.01. The van der Waals surface area contributed by atoms with Crippen LogP contribution in [0.15, 0.2) is 48.5 Å². The van der Waals surface area contributed by atoms with Gasteiger partial charge in [0.1, 0.15) is 17.7 Å². The molecule has 7 nitrogen and oxygen atoms in total. The molecule has 7 heteroatoms. The van der Waals surface area contributed by atoms with Crippen LogP contribution in [0, 0.1) is 0 Å². The summed E-state index contributed by atoms with van der Waals surface area (Å²) >= 11 is 0. The lowest BCUT2D eigenvalue weighted by molar-refractivity contribution is -0.129. The third-order valence-electron chi connectivity index (χ3n) is 5.56. The molecule has 0 bridgehead atoms. The molecule has 0 spiro atoms. The molecule has 3 aromatic rings. The number of hydrogen-bond donors (Lipinski definition) is 3. The fourth-order valence-corrected chi connectivity index (χ4v) is 3.81. The standard InChI is InChI=1S/C26H34N4O3/c1-3-5-14-23(32)26(33)27-16-10-18-30(17-4-2)25-19-11-6-8-13-21(19)28-24(29-25)20-12-7-9-15-22(20)31/h6-9,11-13,15,23,31-32H,3-5,10,14,16-18H2,1-2H3,(H,27,33). The number of unbranched alkanes of at least 4 members (excludes halogenated alkanes) is 1. The van der Waals surface area contributed by atoms with Gasteiger partial charge in [0.05, 0.1) is 11.1 Å². The van der Waals surface area contributed by atoms with E-state index in [-0.39, 0.29) is 11.7 Å². The molecule has 33 heavy (non-hydrogen) atoms. The van der Waals surface area contributed by atoms with Crippen molar-refractivity contribution in [2.75, 3.05) is 24.5 Å². The minimum atomic E-state index is -0.941. The SMILES string of the molecule is CCCCC(O)C(=O)NCCCN(CCC)c1nc(-c2ccccc2O)nc2ccccc12. The van der Waals surface area contributed by atoms with Gasteiger partial charge in [0.2, 0.25) is 5.91 Å². The summed E-state index contributed by atoms with van der Waals surface area (Å²) in [5.41, 5.74) is 1.41. The topological polar surface area (TPSA) is 98.6 Å². The average Bonchev–Trinajstić information content (AvgIpc) is 2.83. The van der Waals surface area contributed by atoms with Gasteiger partial charge in [-0.3, -0.25) is 4.79 Å². The third-order valence-corrected chi connectivity index (χ3v) is 5.56. The molecule has 176 valence electrons. The molecule has 1 unspecified atom stereocenters. The van der Waals surface area contributed by atoms with Crippen molar-refractivity contribution in [1.29, 1.82) is 0 Å². The van der Waals surface area contributed by atoms with Crippen LogP contribution in [0.4, 0.5) is 5.82 Å². The number of carbonyl (C=O) groups is 1. The second-order valence-corrected chi connectivity index (χ2v) is 8.19. The Morgan fingerprint density at radius 3 is 2.52 bits per heavy atom. The molecule has 3 rings (SSSR count). The highest BCUT2D eigenvalue weighted by molar-refractivity contribution is 5.91. The number of anilines is 1. The Hall–Kier alpha value is -3.19. The zero-order valence-corrected chi connectivity index (χ0v) is 19.5. The van der Waals surface area contributed by atoms with Crippen molar-refractivity contribution in [3.05, 3.63) is 48.5 Å². The van der Waals surface area contributed by atoms with Crippen LogP contribution in [-0.2, 0) is 4.79 Å². The van der Waals surface area contributed by atoms with Gasteiger partial charge in [0.25, 0.3) is 0 Å². The number of nitrogens with zero attached hydrogens (tertiary/aromatic N) is 3. The molecule has 0 aliphatic heterocycles. The number of rotatable bonds is 12. The van der Waals surface area contributed by atoms with Gasteiger partial charge >= 0.3 is 0 Å². The van der Waals surface area contributed by atoms with E-state index in [4.69, 9.17) is 9.97 Å². The number of nitrogens with one attached hydrogen (secondary N) is 1. The molecule has 1 amide bonds. The number of phenols is 1. The van der Waals surface area contributed by atoms with Gasteiger partial charge in [-0.05, 0) is 43.5 Å². The predicted molar refractivity (Wildman–Crippen MR) is 132 cm³/mol. The van der Waals surface area contributed by atoms with E-state index in [9.17, 15) is 15.0 Å². The van der Waals surface area contributed by atoms with Gasteiger partial charge < -0.3 is 20.4 Å². The predicted octanol–water partition coefficient (Wildman–Crippen LogP) is 4.28. The number of phenolic OH excluding ortho intramolecular Hbond substituents is 1. The van der Waals surface area contributed by atoms with Crippen LogP contribution in [0.2, 0.25) is 0 Å². The molecule has 0 saturated carbocycles. The smallest absolute Gasteiger partial charge is 0.248 e. The van der Waals surface area contributed by atoms with Crippen LogP contribution < -0.4 is 10.2 Å². The van der Waals surface area contributed by atoms with Crippen LogP contribution >= 0.6 is 0 Å². The summed E-state index contributed by atoms with van der Waals surface area (Å²) in [7, 11) is 0. The number of aliphatic hydroxyl groups is 1. The number of carbonyl (C=O) groups excluding carboxylic acids is 1. The lowest BCUT2D eigenvalue weighted by Gasteiger charge is -2.25. The first kappa shape index (κ1) is 24.5. The van der Waals surface area contributed by atoms with E-state index in [1.165, 1.54) is 0 Å². The van der Waals surface area contributed by atoms with Gasteiger partial charge in [-0.1, -0.05) is 51.0 Å². The molecule has 2 aromatic carbocycles. The Balaban J connectivity index is 1.79. The summed E-state index contributed by atoms with van der Waals surface area (Å²) in [6, 6.07) is 14.9. The quantitative estimate of drug-likeness (QED) is 0.356. The summed E-state index contributed by atoms with van der Waals surface area (Å²) in [5, 5.41) is 24.1. The Labute approximate surface area is 195 Å². The van der Waals surface area contributed by atoms with Crippen molar-refractivity contribution in [3.63, 3.8) is 0 Å². The third kappa shape index (κ3) is 6.42. The fourth-order valence-electron chi connectivity index (χ4n) is 3.81. The van der Waals surface area contributed by atoms with Crippen molar-refractivity contribution in [2.45, 2.75) is 52.1 Å². The number of aliphatic hydroxyl groups excluding tert-OH is 1. The monoisotopic (exact) mass is 450 g/mol. The largest absolute Gasteiger partial charge is 0.507 e. The zero-order chi connectivity index (χ0) is 23.6. The zero-order valence-electron chi connectivity index (χ0n) is 19.5. The molecule has 0 fully saturated rings. The lowest BCUT2D eigenvalue weighted by Crippen LogP contribution is -2.36. The summed E-state index contributed by atoms with van der Waals surface area (Å²) in [6.45, 7) is 6.13. The lowest BCUT2D eigenvalue weighted by atomic mass is 10.1. The number of fused-ring (bicyclic) bond motifs is 1. The van der Waals surface area contributed by atoms with Crippen molar-refractivity contribution in [3.8, 4) is 17.1 Å². The number of aromatic hydroxyl groups is 1. The van der Waals surface area contributed by atoms with Crippen LogP contribution in [-0.4, -0.2) is 51.8 Å². The highest BCUT2D eigenvalue weighted by Crippen LogP contribution is 2.31. The maximum absolute atomic E-state index is 12.1. The summed E-state index contributed by atoms with van der Waals surface area (Å²) < 4.78 is 0. The minimum Gasteiger partial charge on any atom is -0.507 e. The number of amides is 1. The van der Waals surface area contributed by atoms with E-state index >= 15 is 0 Å². The van der Waals surface area contributed by atoms with E-state index in [0.29, 0.717) is 30.9 Å². The van der Waals surface area contributed by atoms with Crippen LogP contribution in [0.25, 0.3) is 22.3 Å². The van der Waals surface area contributed by atoms with E-state index in [0.717, 1.165) is 48.9 Å². The van der Waals surface area contributed by atoms with Gasteiger partial charge in [0.15, 0.2) is 5.82 Å². The minimum absolute atomic E-state index is 0.144. The maximum atomic E-state index is 12.1. The first-order chi connectivity index (χ1) is 16.0. The van der Waals surface area contributed by atoms with Gasteiger partial charge in [-0.15, -0.1) is 0 Å². The number of para-hydroxylation sites is 2. The summed E-state index contributed by atoms with van der Waals surface area (Å²) in [6.07, 6.45) is 2.99. The van der Waals surface area contributed by atoms with E-state index in [1.54, 1.807) is 12.1 Å².